The maximum Gasteiger partial charge on any atom is 0.203 e. The van der Waals surface area contributed by atoms with Crippen LogP contribution in [-0.2, 0) is 0 Å². The molecule has 1 heterocycles. The maximum atomic E-state index is 3.83. The van der Waals surface area contributed by atoms with Crippen LogP contribution in [0.1, 0.15) is 19.7 Å². The summed E-state index contributed by atoms with van der Waals surface area (Å²) in [5.74, 6) is 0.463. The first kappa shape index (κ1) is 13.9. The molecule has 0 saturated heterocycles. The normalized spacial score (nSPS) is 10.5. The maximum absolute atomic E-state index is 3.83. The van der Waals surface area contributed by atoms with Gasteiger partial charge in [0, 0.05) is 5.57 Å². The molecule has 0 fully saturated rings. The number of rotatable bonds is 4. The van der Waals surface area contributed by atoms with Crippen molar-refractivity contribution in [3.8, 4) is 0 Å². The van der Waals surface area contributed by atoms with Crippen LogP contribution in [0.25, 0.3) is 5.57 Å². The molecule has 1 aromatic rings. The van der Waals surface area contributed by atoms with Gasteiger partial charge in [-0.05, 0) is 0 Å². The van der Waals surface area contributed by atoms with Crippen LogP contribution < -0.4 is 0 Å². The first-order chi connectivity index (χ1) is 7.88. The lowest BCUT2D eigenvalue weighted by atomic mass is 10.2. The molecule has 0 unspecified atom stereocenters. The Bertz CT molecular complexity index is 366. The third kappa shape index (κ3) is 4.95. The molecule has 0 radical (unpaired) electrons. The van der Waals surface area contributed by atoms with Gasteiger partial charge in [-0.2, -0.15) is 0 Å². The van der Waals surface area contributed by atoms with E-state index in [9.17, 15) is 0 Å². The van der Waals surface area contributed by atoms with Crippen molar-refractivity contribution in [3.63, 3.8) is 0 Å². The number of allylic oxidation sites excluding steroid dienone is 6. The standard InChI is InChI=1S/C10H10N4.C2H6/c1-3-5-7-9(6-4-2)10-13-11-8-12-14-10;1-2/h3-8H,1-2H2;1-2H3/b7-5-,9-6+;. The molecular weight excluding hydrogens is 200 g/mol. The van der Waals surface area contributed by atoms with Gasteiger partial charge >= 0.3 is 0 Å². The van der Waals surface area contributed by atoms with Crippen molar-refractivity contribution in [1.29, 1.82) is 0 Å². The average Bonchev–Trinajstić information content (AvgIpc) is 2.38. The van der Waals surface area contributed by atoms with Gasteiger partial charge in [0.25, 0.3) is 0 Å². The van der Waals surface area contributed by atoms with E-state index in [1.54, 1.807) is 24.3 Å². The van der Waals surface area contributed by atoms with Crippen LogP contribution in [0.3, 0.4) is 0 Å². The molecule has 0 amide bonds. The van der Waals surface area contributed by atoms with Crippen molar-refractivity contribution >= 4 is 5.57 Å². The van der Waals surface area contributed by atoms with Crippen LogP contribution in [0.15, 0.2) is 49.9 Å². The molecule has 0 bridgehead atoms. The van der Waals surface area contributed by atoms with E-state index in [0.717, 1.165) is 5.57 Å². The summed E-state index contributed by atoms with van der Waals surface area (Å²) in [4.78, 5) is 0. The van der Waals surface area contributed by atoms with Crippen molar-refractivity contribution in [2.45, 2.75) is 13.8 Å². The first-order valence-electron chi connectivity index (χ1n) is 5.01. The molecule has 4 nitrogen and oxygen atoms in total. The Morgan fingerprint density at radius 1 is 1.12 bits per heavy atom. The Labute approximate surface area is 96.1 Å². The highest BCUT2D eigenvalue weighted by Crippen LogP contribution is 2.08. The minimum atomic E-state index is 0.463. The van der Waals surface area contributed by atoms with Gasteiger partial charge in [0.05, 0.1) is 0 Å². The van der Waals surface area contributed by atoms with Crippen LogP contribution in [0.5, 0.6) is 0 Å². The SMILES string of the molecule is C=C/C=C\C(=C/C=C)c1nncnn1.CC. The molecule has 84 valence electrons. The zero-order valence-electron chi connectivity index (χ0n) is 9.67. The second-order valence-corrected chi connectivity index (χ2v) is 2.32. The smallest absolute Gasteiger partial charge is 0.135 e. The molecule has 4 heteroatoms. The van der Waals surface area contributed by atoms with Crippen molar-refractivity contribution in [2.24, 2.45) is 0 Å². The summed E-state index contributed by atoms with van der Waals surface area (Å²) in [6.45, 7) is 11.2. The van der Waals surface area contributed by atoms with Gasteiger partial charge in [-0.3, -0.25) is 0 Å². The summed E-state index contributed by atoms with van der Waals surface area (Å²) in [6, 6.07) is 0. The third-order valence-corrected chi connectivity index (χ3v) is 1.38. The Hall–Kier alpha value is -2.10. The fourth-order valence-electron chi connectivity index (χ4n) is 0.823. The summed E-state index contributed by atoms with van der Waals surface area (Å²) in [5.41, 5.74) is 0.792. The van der Waals surface area contributed by atoms with E-state index in [1.165, 1.54) is 6.33 Å². The molecule has 0 aliphatic heterocycles. The number of nitrogens with zero attached hydrogens (tertiary/aromatic N) is 4. The van der Waals surface area contributed by atoms with E-state index >= 15 is 0 Å². The Balaban J connectivity index is 0.00000106. The number of aromatic nitrogens is 4. The van der Waals surface area contributed by atoms with Crippen molar-refractivity contribution in [3.05, 3.63) is 55.7 Å². The van der Waals surface area contributed by atoms with Gasteiger partial charge in [0.2, 0.25) is 5.82 Å². The Morgan fingerprint density at radius 3 is 2.25 bits per heavy atom. The lowest BCUT2D eigenvalue weighted by molar-refractivity contribution is 0.834. The molecule has 1 aromatic heterocycles. The van der Waals surface area contributed by atoms with Gasteiger partial charge in [-0.1, -0.05) is 57.4 Å². The van der Waals surface area contributed by atoms with Crippen LogP contribution in [0.2, 0.25) is 0 Å². The number of hydrogen-bond acceptors (Lipinski definition) is 4. The van der Waals surface area contributed by atoms with Crippen molar-refractivity contribution < 1.29 is 0 Å². The minimum Gasteiger partial charge on any atom is -0.135 e. The predicted octanol–water partition coefficient (Wildman–Crippen LogP) is 2.60. The molecule has 0 spiro atoms. The van der Waals surface area contributed by atoms with Crippen LogP contribution >= 0.6 is 0 Å². The van der Waals surface area contributed by atoms with Crippen molar-refractivity contribution in [1.82, 2.24) is 20.4 Å². The van der Waals surface area contributed by atoms with Gasteiger partial charge < -0.3 is 0 Å². The Morgan fingerprint density at radius 2 is 1.75 bits per heavy atom. The van der Waals surface area contributed by atoms with Gasteiger partial charge in [0.1, 0.15) is 0 Å². The molecule has 0 saturated carbocycles. The van der Waals surface area contributed by atoms with Crippen molar-refractivity contribution in [2.75, 3.05) is 0 Å². The average molecular weight is 216 g/mol. The van der Waals surface area contributed by atoms with Gasteiger partial charge in [-0.15, -0.1) is 20.4 Å². The molecule has 0 aliphatic carbocycles. The third-order valence-electron chi connectivity index (χ3n) is 1.38. The van der Waals surface area contributed by atoms with E-state index < -0.39 is 0 Å². The monoisotopic (exact) mass is 216 g/mol. The van der Waals surface area contributed by atoms with E-state index in [0.29, 0.717) is 5.82 Å². The van der Waals surface area contributed by atoms with Gasteiger partial charge in [0.15, 0.2) is 6.33 Å². The second kappa shape index (κ2) is 9.45. The summed E-state index contributed by atoms with van der Waals surface area (Å²) in [6.07, 6.45) is 9.98. The van der Waals surface area contributed by atoms with E-state index in [2.05, 4.69) is 33.6 Å². The van der Waals surface area contributed by atoms with Crippen LogP contribution in [-0.4, -0.2) is 20.4 Å². The Kier molecular flexibility index (Phi) is 8.21. The molecular formula is C12H16N4. The highest BCUT2D eigenvalue weighted by Gasteiger charge is 1.99. The summed E-state index contributed by atoms with van der Waals surface area (Å²) < 4.78 is 0. The lowest BCUT2D eigenvalue weighted by Crippen LogP contribution is -1.96. The molecule has 1 rings (SSSR count). The zero-order valence-corrected chi connectivity index (χ0v) is 9.67. The highest BCUT2D eigenvalue weighted by molar-refractivity contribution is 5.70. The first-order valence-corrected chi connectivity index (χ1v) is 5.01. The van der Waals surface area contributed by atoms with E-state index in [-0.39, 0.29) is 0 Å². The zero-order chi connectivity index (χ0) is 12.2. The van der Waals surface area contributed by atoms with Crippen LogP contribution in [0, 0.1) is 0 Å². The second-order valence-electron chi connectivity index (χ2n) is 2.32. The molecule has 0 N–H and O–H groups in total. The largest absolute Gasteiger partial charge is 0.203 e. The quantitative estimate of drug-likeness (QED) is 0.726. The molecule has 16 heavy (non-hydrogen) atoms. The fourth-order valence-corrected chi connectivity index (χ4v) is 0.823. The topological polar surface area (TPSA) is 51.6 Å². The lowest BCUT2D eigenvalue weighted by Gasteiger charge is -1.95. The minimum absolute atomic E-state index is 0.463. The predicted molar refractivity (Wildman–Crippen MR) is 66.5 cm³/mol. The molecule has 0 aromatic carbocycles. The number of hydrogen-bond donors (Lipinski definition) is 0. The molecule has 0 atom stereocenters. The summed E-state index contributed by atoms with van der Waals surface area (Å²) in [5, 5.41) is 14.9. The fraction of sp³-hybridized carbons (Fsp3) is 0.167. The van der Waals surface area contributed by atoms with E-state index in [4.69, 9.17) is 0 Å². The highest BCUT2D eigenvalue weighted by atomic mass is 15.3. The molecule has 0 aliphatic rings. The summed E-state index contributed by atoms with van der Waals surface area (Å²) >= 11 is 0. The van der Waals surface area contributed by atoms with Crippen LogP contribution in [0.4, 0.5) is 0 Å². The van der Waals surface area contributed by atoms with Gasteiger partial charge in [-0.25, -0.2) is 0 Å². The van der Waals surface area contributed by atoms with E-state index in [1.807, 2.05) is 19.9 Å². The summed E-state index contributed by atoms with van der Waals surface area (Å²) in [7, 11) is 0.